The van der Waals surface area contributed by atoms with E-state index in [2.05, 4.69) is 29.2 Å². The largest absolute Gasteiger partial charge is 0.497 e. The van der Waals surface area contributed by atoms with E-state index in [4.69, 9.17) is 4.74 Å². The lowest BCUT2D eigenvalue weighted by atomic mass is 10.1. The second kappa shape index (κ2) is 8.31. The summed E-state index contributed by atoms with van der Waals surface area (Å²) < 4.78 is 5.28. The molecule has 4 nitrogen and oxygen atoms in total. The summed E-state index contributed by atoms with van der Waals surface area (Å²) in [6.45, 7) is 1.43. The molecular formula is C24H24N2O2S. The molecule has 0 saturated heterocycles. The van der Waals surface area contributed by atoms with Crippen LogP contribution in [0, 0.1) is 0 Å². The number of anilines is 1. The predicted molar refractivity (Wildman–Crippen MR) is 122 cm³/mol. The van der Waals surface area contributed by atoms with E-state index in [9.17, 15) is 4.79 Å². The van der Waals surface area contributed by atoms with Crippen molar-refractivity contribution in [1.82, 2.24) is 4.90 Å². The van der Waals surface area contributed by atoms with Crippen LogP contribution in [0.3, 0.4) is 0 Å². The molecule has 3 aromatic carbocycles. The minimum Gasteiger partial charge on any atom is -0.497 e. The summed E-state index contributed by atoms with van der Waals surface area (Å²) in [6, 6.07) is 20.4. The van der Waals surface area contributed by atoms with E-state index in [1.165, 1.54) is 0 Å². The van der Waals surface area contributed by atoms with Gasteiger partial charge in [0.1, 0.15) is 5.75 Å². The van der Waals surface area contributed by atoms with E-state index in [0.29, 0.717) is 6.54 Å². The fourth-order valence-corrected chi connectivity index (χ4v) is 4.60. The molecule has 0 spiro atoms. The highest BCUT2D eigenvalue weighted by Gasteiger charge is 2.23. The summed E-state index contributed by atoms with van der Waals surface area (Å²) in [5, 5.41) is 2.28. The van der Waals surface area contributed by atoms with Crippen LogP contribution in [0.1, 0.15) is 5.56 Å². The maximum atomic E-state index is 13.3. The molecule has 0 saturated carbocycles. The Hall–Kier alpha value is -2.76. The number of hydrogen-bond acceptors (Lipinski definition) is 4. The van der Waals surface area contributed by atoms with Gasteiger partial charge in [-0.3, -0.25) is 4.79 Å². The average Bonchev–Trinajstić information content (AvgIpc) is 2.72. The van der Waals surface area contributed by atoms with Gasteiger partial charge in [0.25, 0.3) is 5.91 Å². The molecular weight excluding hydrogens is 380 g/mol. The molecule has 0 bridgehead atoms. The number of nitrogens with zero attached hydrogens (tertiary/aromatic N) is 2. The third-order valence-electron chi connectivity index (χ3n) is 5.02. The Balaban J connectivity index is 1.86. The first-order valence-corrected chi connectivity index (χ1v) is 10.4. The SMILES string of the molecule is COc1ccc(C2=CC(=O)N(CCN(C)C)c3cccc4cccc(c34)S2)cc1. The third kappa shape index (κ3) is 4.02. The second-order valence-electron chi connectivity index (χ2n) is 7.26. The van der Waals surface area contributed by atoms with E-state index in [1.807, 2.05) is 55.4 Å². The molecule has 0 aliphatic carbocycles. The Bertz CT molecular complexity index is 1070. The van der Waals surface area contributed by atoms with Gasteiger partial charge in [-0.25, -0.2) is 0 Å². The van der Waals surface area contributed by atoms with Gasteiger partial charge in [-0.2, -0.15) is 0 Å². The summed E-state index contributed by atoms with van der Waals surface area (Å²) >= 11 is 1.64. The molecule has 148 valence electrons. The number of benzene rings is 3. The highest BCUT2D eigenvalue weighted by atomic mass is 32.2. The number of amides is 1. The average molecular weight is 405 g/mol. The molecule has 1 amide bonds. The van der Waals surface area contributed by atoms with Crippen LogP contribution in [0.2, 0.25) is 0 Å². The molecule has 0 N–H and O–H groups in total. The summed E-state index contributed by atoms with van der Waals surface area (Å²) in [7, 11) is 5.71. The number of carbonyl (C=O) groups excluding carboxylic acids is 1. The predicted octanol–water partition coefficient (Wildman–Crippen LogP) is 4.89. The quantitative estimate of drug-likeness (QED) is 0.606. The summed E-state index contributed by atoms with van der Waals surface area (Å²) in [5.41, 5.74) is 1.98. The fraction of sp³-hybridized carbons (Fsp3) is 0.208. The van der Waals surface area contributed by atoms with Gasteiger partial charge in [-0.1, -0.05) is 48.2 Å². The molecule has 4 rings (SSSR count). The summed E-state index contributed by atoms with van der Waals surface area (Å²) in [4.78, 5) is 19.4. The van der Waals surface area contributed by atoms with Crippen LogP contribution >= 0.6 is 11.8 Å². The van der Waals surface area contributed by atoms with Gasteiger partial charge in [-0.05, 0) is 49.3 Å². The Kier molecular flexibility index (Phi) is 5.60. The van der Waals surface area contributed by atoms with Crippen molar-refractivity contribution in [2.24, 2.45) is 0 Å². The van der Waals surface area contributed by atoms with Crippen molar-refractivity contribution in [2.45, 2.75) is 4.90 Å². The topological polar surface area (TPSA) is 32.8 Å². The van der Waals surface area contributed by atoms with Crippen LogP contribution in [0.5, 0.6) is 5.75 Å². The molecule has 0 fully saturated rings. The third-order valence-corrected chi connectivity index (χ3v) is 6.15. The van der Waals surface area contributed by atoms with E-state index in [0.717, 1.165) is 44.1 Å². The first kappa shape index (κ1) is 19.6. The number of methoxy groups -OCH3 is 1. The lowest BCUT2D eigenvalue weighted by Crippen LogP contribution is -2.36. The Morgan fingerprint density at radius 3 is 2.41 bits per heavy atom. The Labute approximate surface area is 175 Å². The highest BCUT2D eigenvalue weighted by molar-refractivity contribution is 8.08. The number of rotatable bonds is 5. The van der Waals surface area contributed by atoms with Crippen LogP contribution in [-0.2, 0) is 4.79 Å². The van der Waals surface area contributed by atoms with Gasteiger partial charge < -0.3 is 14.5 Å². The molecule has 0 aromatic heterocycles. The van der Waals surface area contributed by atoms with Crippen LogP contribution in [-0.4, -0.2) is 45.1 Å². The number of carbonyl (C=O) groups is 1. The zero-order valence-corrected chi connectivity index (χ0v) is 17.7. The van der Waals surface area contributed by atoms with Crippen LogP contribution in [0.4, 0.5) is 5.69 Å². The number of ether oxygens (including phenoxy) is 1. The van der Waals surface area contributed by atoms with Gasteiger partial charge >= 0.3 is 0 Å². The summed E-state index contributed by atoms with van der Waals surface area (Å²) in [6.07, 6.45) is 1.76. The minimum absolute atomic E-state index is 0.00664. The first-order valence-electron chi connectivity index (χ1n) is 9.59. The standard InChI is InChI=1S/C24H24N2O2S/c1-25(2)14-15-26-20-8-4-6-18-7-5-9-21(24(18)20)29-22(16-23(26)27)17-10-12-19(28-3)13-11-17/h4-13,16H,14-15H2,1-3H3. The van der Waals surface area contributed by atoms with E-state index in [-0.39, 0.29) is 5.91 Å². The van der Waals surface area contributed by atoms with Crippen LogP contribution < -0.4 is 9.64 Å². The normalized spacial score (nSPS) is 14.0. The highest BCUT2D eigenvalue weighted by Crippen LogP contribution is 2.43. The van der Waals surface area contributed by atoms with Crippen molar-refractivity contribution < 1.29 is 9.53 Å². The molecule has 0 radical (unpaired) electrons. The van der Waals surface area contributed by atoms with Crippen LogP contribution in [0.15, 0.2) is 71.6 Å². The van der Waals surface area contributed by atoms with E-state index >= 15 is 0 Å². The number of likely N-dealkylation sites (N-methyl/N-ethyl adjacent to an activating group) is 1. The van der Waals surface area contributed by atoms with Gasteiger partial charge in [0.2, 0.25) is 0 Å². The molecule has 1 aliphatic rings. The lowest BCUT2D eigenvalue weighted by molar-refractivity contribution is -0.114. The lowest BCUT2D eigenvalue weighted by Gasteiger charge is -2.27. The van der Waals surface area contributed by atoms with Crippen molar-refractivity contribution in [2.75, 3.05) is 39.2 Å². The smallest absolute Gasteiger partial charge is 0.252 e. The molecule has 0 atom stereocenters. The minimum atomic E-state index is 0.00664. The number of thioether (sulfide) groups is 1. The van der Waals surface area contributed by atoms with Gasteiger partial charge in [0.05, 0.1) is 12.8 Å². The molecule has 1 heterocycles. The molecule has 29 heavy (non-hydrogen) atoms. The molecule has 0 unspecified atom stereocenters. The van der Waals surface area contributed by atoms with Crippen LogP contribution in [0.25, 0.3) is 15.7 Å². The Morgan fingerprint density at radius 2 is 1.72 bits per heavy atom. The van der Waals surface area contributed by atoms with Crippen molar-refractivity contribution in [3.8, 4) is 5.75 Å². The zero-order valence-electron chi connectivity index (χ0n) is 16.9. The first-order chi connectivity index (χ1) is 14.1. The number of hydrogen-bond donors (Lipinski definition) is 0. The van der Waals surface area contributed by atoms with Crippen molar-refractivity contribution in [3.63, 3.8) is 0 Å². The van der Waals surface area contributed by atoms with E-state index in [1.54, 1.807) is 24.9 Å². The van der Waals surface area contributed by atoms with Crippen molar-refractivity contribution >= 4 is 39.0 Å². The van der Waals surface area contributed by atoms with Crippen molar-refractivity contribution in [3.05, 3.63) is 72.3 Å². The van der Waals surface area contributed by atoms with Crippen molar-refractivity contribution in [1.29, 1.82) is 0 Å². The van der Waals surface area contributed by atoms with Gasteiger partial charge in [0, 0.05) is 34.4 Å². The Morgan fingerprint density at radius 1 is 1.00 bits per heavy atom. The van der Waals surface area contributed by atoms with Gasteiger partial charge in [-0.15, -0.1) is 0 Å². The fourth-order valence-electron chi connectivity index (χ4n) is 3.48. The maximum Gasteiger partial charge on any atom is 0.252 e. The zero-order chi connectivity index (χ0) is 20.4. The monoisotopic (exact) mass is 404 g/mol. The summed E-state index contributed by atoms with van der Waals surface area (Å²) in [5.74, 6) is 0.809. The molecule has 5 heteroatoms. The maximum absolute atomic E-state index is 13.3. The van der Waals surface area contributed by atoms with Gasteiger partial charge in [0.15, 0.2) is 0 Å². The second-order valence-corrected chi connectivity index (χ2v) is 8.35. The molecule has 3 aromatic rings. The molecule has 1 aliphatic heterocycles. The van der Waals surface area contributed by atoms with E-state index < -0.39 is 0 Å².